The Morgan fingerprint density at radius 1 is 1.75 bits per heavy atom. The Labute approximate surface area is 43.0 Å². The third-order valence-corrected chi connectivity index (χ3v) is 0. The zero-order valence-electron chi connectivity index (χ0n) is 1.80. The minimum absolute atomic E-state index is 0. The Morgan fingerprint density at radius 2 is 1.75 bits per heavy atom. The molecule has 0 bridgehead atoms. The van der Waals surface area contributed by atoms with E-state index in [4.69, 9.17) is 10.4 Å². The number of nitroso groups, excluding NO2 is 1. The second-order valence-electron chi connectivity index (χ2n) is 0.0816. The van der Waals surface area contributed by atoms with Gasteiger partial charge in [-0.3, -0.25) is 5.53 Å². The smallest absolute Gasteiger partial charge is 0.151 e. The van der Waals surface area contributed by atoms with Gasteiger partial charge < -0.3 is 0 Å². The Bertz CT molecular complexity index is 27.0. The monoisotopic (exact) mass is 252 g/mol. The van der Waals surface area contributed by atoms with Crippen molar-refractivity contribution in [1.82, 2.24) is 4.97 Å². The SMILES string of the molecule is [N-]=[N+]=O.[Pb]. The van der Waals surface area contributed by atoms with Gasteiger partial charge in [-0.1, -0.05) is 0 Å². The Morgan fingerprint density at radius 3 is 1.75 bits per heavy atom. The van der Waals surface area contributed by atoms with Crippen molar-refractivity contribution < 1.29 is 0 Å². The minimum Gasteiger partial charge on any atom is -0.294 e. The van der Waals surface area contributed by atoms with Crippen LogP contribution in [0.4, 0.5) is 0 Å². The molecule has 0 unspecified atom stereocenters. The molecular weight excluding hydrogens is 251 g/mol. The second-order valence-corrected chi connectivity index (χ2v) is 0.0816. The number of rotatable bonds is 0. The molecule has 4 radical (unpaired) electrons. The Balaban J connectivity index is 0. The van der Waals surface area contributed by atoms with E-state index in [9.17, 15) is 0 Å². The number of hydrogen-bond donors (Lipinski definition) is 0. The molecule has 0 aliphatic rings. The molecule has 0 aromatic rings. The molecule has 0 fully saturated rings. The molecule has 20 valence electrons. The van der Waals surface area contributed by atoms with Crippen LogP contribution in [-0.2, 0) is 0 Å². The van der Waals surface area contributed by atoms with E-state index in [-0.39, 0.29) is 27.3 Å². The van der Waals surface area contributed by atoms with Crippen molar-refractivity contribution in [2.24, 2.45) is 0 Å². The Kier molecular flexibility index (Phi) is 23.5. The first kappa shape index (κ1) is 8.87. The molecule has 0 N–H and O–H groups in total. The average molecular weight is 251 g/mol. The fraction of sp³-hybridized carbons (Fsp3) is 0. The summed E-state index contributed by atoms with van der Waals surface area (Å²) in [6.45, 7) is 0. The van der Waals surface area contributed by atoms with Gasteiger partial charge in [0.1, 0.15) is 4.97 Å². The fourth-order valence-corrected chi connectivity index (χ4v) is 0. The van der Waals surface area contributed by atoms with Gasteiger partial charge in [0.25, 0.3) is 0 Å². The van der Waals surface area contributed by atoms with Crippen LogP contribution in [0.3, 0.4) is 0 Å². The van der Waals surface area contributed by atoms with Crippen LogP contribution >= 0.6 is 0 Å². The van der Waals surface area contributed by atoms with Crippen molar-refractivity contribution in [2.75, 3.05) is 0 Å². The molecule has 0 amide bonds. The van der Waals surface area contributed by atoms with Gasteiger partial charge in [-0.15, -0.1) is 0 Å². The normalized spacial score (nSPS) is 2.00. The largest absolute Gasteiger partial charge is 0.294 e. The van der Waals surface area contributed by atoms with Crippen LogP contribution in [0.5, 0.6) is 0 Å². The Hall–Kier alpha value is 0.232. The van der Waals surface area contributed by atoms with Crippen molar-refractivity contribution in [3.8, 4) is 0 Å². The first-order valence-electron chi connectivity index (χ1n) is 0.383. The topological polar surface area (TPSA) is 53.5 Å². The van der Waals surface area contributed by atoms with Crippen molar-refractivity contribution >= 4 is 27.3 Å². The van der Waals surface area contributed by atoms with E-state index in [1.807, 2.05) is 0 Å². The first-order valence-corrected chi connectivity index (χ1v) is 0.383. The summed E-state index contributed by atoms with van der Waals surface area (Å²) in [5, 5.41) is 0. The first-order chi connectivity index (χ1) is 1.41. The maximum absolute atomic E-state index is 8.11. The molecule has 0 saturated heterocycles. The number of hydrogen-bond acceptors (Lipinski definition) is 1. The molecule has 0 aliphatic carbocycles. The zero-order valence-corrected chi connectivity index (χ0v) is 5.69. The molecule has 0 rings (SSSR count). The average Bonchev–Trinajstić information content (AvgIpc) is 0.918. The molecule has 0 aromatic heterocycles. The van der Waals surface area contributed by atoms with Crippen molar-refractivity contribution in [3.05, 3.63) is 10.4 Å². The van der Waals surface area contributed by atoms with E-state index < -0.39 is 0 Å². The third-order valence-electron chi connectivity index (χ3n) is 0. The van der Waals surface area contributed by atoms with Crippen LogP contribution in [0.2, 0.25) is 0 Å². The standard InChI is InChI=1S/N2O.Pb/c1-2-3;. The molecule has 0 aromatic carbocycles. The van der Waals surface area contributed by atoms with Gasteiger partial charge in [0.05, 0.1) is 0 Å². The minimum atomic E-state index is 0. The maximum atomic E-state index is 8.11. The van der Waals surface area contributed by atoms with E-state index in [1.165, 1.54) is 4.97 Å². The predicted octanol–water partition coefficient (Wildman–Crippen LogP) is -0.539. The van der Waals surface area contributed by atoms with Gasteiger partial charge in [0.2, 0.25) is 0 Å². The molecule has 4 heavy (non-hydrogen) atoms. The van der Waals surface area contributed by atoms with Gasteiger partial charge >= 0.3 is 0 Å². The third kappa shape index (κ3) is 62.9. The number of nitrogens with zero attached hydrogens (tertiary/aromatic N) is 2. The summed E-state index contributed by atoms with van der Waals surface area (Å²) in [5.41, 5.74) is 6.64. The second kappa shape index (κ2) is 10.6. The van der Waals surface area contributed by atoms with Crippen molar-refractivity contribution in [3.63, 3.8) is 0 Å². The van der Waals surface area contributed by atoms with Gasteiger partial charge in [-0.2, -0.15) is 0 Å². The van der Waals surface area contributed by atoms with E-state index in [2.05, 4.69) is 0 Å². The van der Waals surface area contributed by atoms with Crippen LogP contribution in [0.25, 0.3) is 5.53 Å². The van der Waals surface area contributed by atoms with Crippen molar-refractivity contribution in [1.29, 1.82) is 0 Å². The quantitative estimate of drug-likeness (QED) is 0.324. The predicted molar refractivity (Wildman–Crippen MR) is 14.6 cm³/mol. The summed E-state index contributed by atoms with van der Waals surface area (Å²) in [4.78, 5) is 9.36. The maximum Gasteiger partial charge on any atom is 0.151 e. The van der Waals surface area contributed by atoms with Crippen LogP contribution in [0.1, 0.15) is 0 Å². The molecule has 0 aliphatic heterocycles. The zero-order chi connectivity index (χ0) is 2.71. The summed E-state index contributed by atoms with van der Waals surface area (Å²) >= 11 is 0. The molecule has 0 saturated carbocycles. The molecule has 0 spiro atoms. The van der Waals surface area contributed by atoms with E-state index in [1.54, 1.807) is 0 Å². The summed E-state index contributed by atoms with van der Waals surface area (Å²) < 4.78 is 0. The van der Waals surface area contributed by atoms with Crippen LogP contribution in [0.15, 0.2) is 0 Å². The molecule has 0 atom stereocenters. The summed E-state index contributed by atoms with van der Waals surface area (Å²) in [6, 6.07) is 0. The van der Waals surface area contributed by atoms with Crippen LogP contribution in [0, 0.1) is 4.91 Å². The summed E-state index contributed by atoms with van der Waals surface area (Å²) in [7, 11) is 0. The van der Waals surface area contributed by atoms with Gasteiger partial charge in [0.15, 0.2) is 4.91 Å². The molecular formula is N2OPb. The van der Waals surface area contributed by atoms with Gasteiger partial charge in [0, 0.05) is 27.3 Å². The molecule has 3 nitrogen and oxygen atoms in total. The van der Waals surface area contributed by atoms with Crippen molar-refractivity contribution in [2.45, 2.75) is 0 Å². The molecule has 0 heterocycles. The van der Waals surface area contributed by atoms with Crippen LogP contribution in [-0.4, -0.2) is 27.3 Å². The van der Waals surface area contributed by atoms with Gasteiger partial charge in [-0.25, -0.2) is 0 Å². The van der Waals surface area contributed by atoms with E-state index >= 15 is 0 Å². The molecule has 4 heteroatoms. The summed E-state index contributed by atoms with van der Waals surface area (Å²) in [6.07, 6.45) is 0. The fourth-order valence-electron chi connectivity index (χ4n) is 0. The van der Waals surface area contributed by atoms with Gasteiger partial charge in [-0.05, 0) is 0 Å². The van der Waals surface area contributed by atoms with E-state index in [0.29, 0.717) is 0 Å². The summed E-state index contributed by atoms with van der Waals surface area (Å²) in [5.74, 6) is 0. The van der Waals surface area contributed by atoms with E-state index in [0.717, 1.165) is 0 Å². The van der Waals surface area contributed by atoms with Crippen LogP contribution < -0.4 is 4.97 Å².